The molecule has 3 heteroatoms. The maximum Gasteiger partial charge on any atom is 0.163 e. The lowest BCUT2D eigenvalue weighted by Gasteiger charge is -1.95. The van der Waals surface area contributed by atoms with Crippen LogP contribution in [0.25, 0.3) is 0 Å². The van der Waals surface area contributed by atoms with Crippen LogP contribution in [0.3, 0.4) is 0 Å². The number of hydrogen-bond donors (Lipinski definition) is 0. The molecule has 0 aliphatic carbocycles. The molecular weight excluding hydrogens is 119 g/mol. The van der Waals surface area contributed by atoms with E-state index in [1.165, 1.54) is 6.20 Å². The number of nitrogens with zero attached hydrogens (tertiary/aromatic N) is 2. The van der Waals surface area contributed by atoms with Crippen LogP contribution in [0.5, 0.6) is 0 Å². The van der Waals surface area contributed by atoms with Crippen LogP contribution in [-0.2, 0) is 6.54 Å². The Morgan fingerprint density at radius 1 is 1.78 bits per heavy atom. The Hall–Kier alpha value is -0.860. The summed E-state index contributed by atoms with van der Waals surface area (Å²) >= 11 is 0. The number of hydrogen-bond acceptors (Lipinski definition) is 1. The summed E-state index contributed by atoms with van der Waals surface area (Å²) < 4.78 is 14.1. The lowest BCUT2D eigenvalue weighted by Crippen LogP contribution is -1.98. The van der Waals surface area contributed by atoms with E-state index in [0.717, 1.165) is 6.54 Å². The van der Waals surface area contributed by atoms with Gasteiger partial charge in [-0.05, 0) is 13.8 Å². The summed E-state index contributed by atoms with van der Waals surface area (Å²) in [7, 11) is 0. The predicted molar refractivity (Wildman–Crippen MR) is 32.6 cm³/mol. The summed E-state index contributed by atoms with van der Waals surface area (Å²) in [4.78, 5) is 0. The summed E-state index contributed by atoms with van der Waals surface area (Å²) in [5.74, 6) is -0.225. The molecule has 9 heavy (non-hydrogen) atoms. The molecule has 50 valence electrons. The molecule has 0 amide bonds. The Labute approximate surface area is 53.3 Å². The van der Waals surface area contributed by atoms with Crippen molar-refractivity contribution in [1.82, 2.24) is 9.78 Å². The minimum Gasteiger partial charge on any atom is -0.267 e. The van der Waals surface area contributed by atoms with Gasteiger partial charge in [0.25, 0.3) is 0 Å². The van der Waals surface area contributed by atoms with Gasteiger partial charge in [-0.15, -0.1) is 0 Å². The van der Waals surface area contributed by atoms with Gasteiger partial charge in [0, 0.05) is 6.54 Å². The van der Waals surface area contributed by atoms with Crippen LogP contribution < -0.4 is 0 Å². The first-order chi connectivity index (χ1) is 4.25. The quantitative estimate of drug-likeness (QED) is 0.558. The highest BCUT2D eigenvalue weighted by Crippen LogP contribution is 2.02. The molecule has 2 nitrogen and oxygen atoms in total. The third-order valence-corrected chi connectivity index (χ3v) is 1.34. The molecule has 0 N–H and O–H groups in total. The maximum absolute atomic E-state index is 12.4. The Morgan fingerprint density at radius 3 is 2.67 bits per heavy atom. The van der Waals surface area contributed by atoms with Crippen molar-refractivity contribution in [2.45, 2.75) is 20.4 Å². The van der Waals surface area contributed by atoms with E-state index in [1.807, 2.05) is 6.92 Å². The molecule has 1 aromatic heterocycles. The number of aromatic nitrogens is 2. The predicted octanol–water partition coefficient (Wildman–Crippen LogP) is 1.35. The standard InChI is InChI=1S/C6H9FN2/c1-3-9-5(2)6(7)4-8-9/h4H,3H2,1-2H3. The van der Waals surface area contributed by atoms with E-state index in [-0.39, 0.29) is 5.82 Å². The lowest BCUT2D eigenvalue weighted by molar-refractivity contribution is 0.593. The zero-order chi connectivity index (χ0) is 6.85. The molecule has 0 atom stereocenters. The van der Waals surface area contributed by atoms with E-state index in [2.05, 4.69) is 5.10 Å². The van der Waals surface area contributed by atoms with Crippen LogP contribution in [-0.4, -0.2) is 9.78 Å². The van der Waals surface area contributed by atoms with Crippen molar-refractivity contribution in [3.8, 4) is 0 Å². The van der Waals surface area contributed by atoms with Gasteiger partial charge in [-0.25, -0.2) is 4.39 Å². The Bertz CT molecular complexity index is 205. The van der Waals surface area contributed by atoms with Crippen LogP contribution in [0, 0.1) is 12.7 Å². The van der Waals surface area contributed by atoms with Gasteiger partial charge in [-0.3, -0.25) is 4.68 Å². The summed E-state index contributed by atoms with van der Waals surface area (Å²) in [6.07, 6.45) is 1.23. The second-order valence-corrected chi connectivity index (χ2v) is 1.89. The van der Waals surface area contributed by atoms with Crippen LogP contribution >= 0.6 is 0 Å². The van der Waals surface area contributed by atoms with Crippen molar-refractivity contribution in [2.24, 2.45) is 0 Å². The zero-order valence-electron chi connectivity index (χ0n) is 5.56. The molecule has 0 bridgehead atoms. The van der Waals surface area contributed by atoms with Gasteiger partial charge in [0.2, 0.25) is 0 Å². The molecule has 0 saturated carbocycles. The van der Waals surface area contributed by atoms with E-state index in [1.54, 1.807) is 11.6 Å². The van der Waals surface area contributed by atoms with Crippen molar-refractivity contribution in [1.29, 1.82) is 0 Å². The fourth-order valence-corrected chi connectivity index (χ4v) is 0.743. The van der Waals surface area contributed by atoms with Crippen molar-refractivity contribution < 1.29 is 4.39 Å². The van der Waals surface area contributed by atoms with Gasteiger partial charge < -0.3 is 0 Å². The van der Waals surface area contributed by atoms with E-state index >= 15 is 0 Å². The van der Waals surface area contributed by atoms with Gasteiger partial charge in [-0.2, -0.15) is 5.10 Å². The molecule has 0 spiro atoms. The maximum atomic E-state index is 12.4. The molecule has 0 radical (unpaired) electrons. The topological polar surface area (TPSA) is 17.8 Å². The van der Waals surface area contributed by atoms with Crippen LogP contribution in [0.15, 0.2) is 6.20 Å². The van der Waals surface area contributed by atoms with Crippen molar-refractivity contribution in [2.75, 3.05) is 0 Å². The fourth-order valence-electron chi connectivity index (χ4n) is 0.743. The first-order valence-corrected chi connectivity index (χ1v) is 2.93. The minimum atomic E-state index is -0.225. The van der Waals surface area contributed by atoms with Gasteiger partial charge in [-0.1, -0.05) is 0 Å². The monoisotopic (exact) mass is 128 g/mol. The molecule has 1 heterocycles. The molecule has 0 aromatic carbocycles. The Kier molecular flexibility index (Phi) is 1.51. The fraction of sp³-hybridized carbons (Fsp3) is 0.500. The van der Waals surface area contributed by atoms with Crippen molar-refractivity contribution in [3.05, 3.63) is 17.7 Å². The largest absolute Gasteiger partial charge is 0.267 e. The Balaban J connectivity index is 3.04. The molecule has 0 saturated heterocycles. The van der Waals surface area contributed by atoms with E-state index in [0.29, 0.717) is 5.69 Å². The van der Waals surface area contributed by atoms with Crippen LogP contribution in [0.2, 0.25) is 0 Å². The van der Waals surface area contributed by atoms with Crippen molar-refractivity contribution in [3.63, 3.8) is 0 Å². The third-order valence-electron chi connectivity index (χ3n) is 1.34. The van der Waals surface area contributed by atoms with E-state index in [4.69, 9.17) is 0 Å². The molecule has 1 aromatic rings. The normalized spacial score (nSPS) is 10.1. The van der Waals surface area contributed by atoms with Gasteiger partial charge >= 0.3 is 0 Å². The van der Waals surface area contributed by atoms with E-state index < -0.39 is 0 Å². The number of aryl methyl sites for hydroxylation is 1. The summed E-state index contributed by atoms with van der Waals surface area (Å²) in [5, 5.41) is 3.78. The van der Waals surface area contributed by atoms with Crippen LogP contribution in [0.4, 0.5) is 4.39 Å². The Morgan fingerprint density at radius 2 is 2.44 bits per heavy atom. The molecule has 0 unspecified atom stereocenters. The average molecular weight is 128 g/mol. The van der Waals surface area contributed by atoms with Crippen LogP contribution in [0.1, 0.15) is 12.6 Å². The average Bonchev–Trinajstić information content (AvgIpc) is 2.15. The van der Waals surface area contributed by atoms with Gasteiger partial charge in [0.05, 0.1) is 11.9 Å². The second kappa shape index (κ2) is 2.17. The van der Waals surface area contributed by atoms with Gasteiger partial charge in [0.15, 0.2) is 5.82 Å². The van der Waals surface area contributed by atoms with Gasteiger partial charge in [0.1, 0.15) is 0 Å². The first-order valence-electron chi connectivity index (χ1n) is 2.93. The smallest absolute Gasteiger partial charge is 0.163 e. The third kappa shape index (κ3) is 0.943. The highest BCUT2D eigenvalue weighted by atomic mass is 19.1. The first kappa shape index (κ1) is 6.26. The molecule has 0 fully saturated rings. The second-order valence-electron chi connectivity index (χ2n) is 1.89. The molecule has 0 aliphatic heterocycles. The van der Waals surface area contributed by atoms with Crippen molar-refractivity contribution >= 4 is 0 Å². The summed E-state index contributed by atoms with van der Waals surface area (Å²) in [6, 6.07) is 0. The number of halogens is 1. The summed E-state index contributed by atoms with van der Waals surface area (Å²) in [5.41, 5.74) is 0.609. The lowest BCUT2D eigenvalue weighted by atomic mass is 10.4. The summed E-state index contributed by atoms with van der Waals surface area (Å²) in [6.45, 7) is 4.38. The molecule has 0 aliphatic rings. The molecule has 1 rings (SSSR count). The SMILES string of the molecule is CCn1ncc(F)c1C. The minimum absolute atomic E-state index is 0.225. The van der Waals surface area contributed by atoms with E-state index in [9.17, 15) is 4.39 Å². The highest BCUT2D eigenvalue weighted by Gasteiger charge is 2.01. The number of rotatable bonds is 1. The zero-order valence-corrected chi connectivity index (χ0v) is 5.56. The highest BCUT2D eigenvalue weighted by molar-refractivity contribution is 5.00. The molecular formula is C6H9FN2.